The lowest BCUT2D eigenvalue weighted by Crippen LogP contribution is -2.44. The third-order valence-electron chi connectivity index (χ3n) is 3.76. The molecule has 0 aromatic carbocycles. The molecule has 0 spiro atoms. The van der Waals surface area contributed by atoms with Gasteiger partial charge in [-0.1, -0.05) is 0 Å². The van der Waals surface area contributed by atoms with Crippen LogP contribution in [0.15, 0.2) is 4.79 Å². The Bertz CT molecular complexity index is 667. The Balaban J connectivity index is 2.50. The molecule has 1 fully saturated rings. The van der Waals surface area contributed by atoms with Crippen molar-refractivity contribution in [3.8, 4) is 0 Å². The molecule has 21 heavy (non-hydrogen) atoms. The third-order valence-corrected chi connectivity index (χ3v) is 3.76. The Morgan fingerprint density at radius 3 is 2.52 bits per heavy atom. The van der Waals surface area contributed by atoms with Crippen molar-refractivity contribution >= 4 is 11.9 Å². The number of carboxylic acids is 1. The molecule has 0 aliphatic carbocycles. The van der Waals surface area contributed by atoms with E-state index in [4.69, 9.17) is 5.11 Å². The van der Waals surface area contributed by atoms with Crippen molar-refractivity contribution in [1.29, 1.82) is 0 Å². The first-order chi connectivity index (χ1) is 9.73. The van der Waals surface area contributed by atoms with Crippen LogP contribution in [0.4, 0.5) is 0 Å². The molecule has 1 aliphatic rings. The number of β-amino-alcohol motifs (C(OH)–C–C–N with tert-alkyl or cyclic N) is 1. The van der Waals surface area contributed by atoms with E-state index in [1.165, 1.54) is 7.05 Å². The Morgan fingerprint density at radius 1 is 1.33 bits per heavy atom. The lowest BCUT2D eigenvalue weighted by atomic mass is 10.1. The molecule has 1 aliphatic heterocycles. The van der Waals surface area contributed by atoms with E-state index in [-0.39, 0.29) is 18.5 Å². The topological polar surface area (TPSA) is 113 Å². The highest BCUT2D eigenvalue weighted by Gasteiger charge is 2.40. The highest BCUT2D eigenvalue weighted by Crippen LogP contribution is 2.21. The highest BCUT2D eigenvalue weighted by atomic mass is 16.4. The number of aromatic nitrogens is 2. The van der Waals surface area contributed by atoms with Gasteiger partial charge in [0.25, 0.3) is 11.5 Å². The van der Waals surface area contributed by atoms with E-state index in [0.717, 1.165) is 9.58 Å². The van der Waals surface area contributed by atoms with Gasteiger partial charge in [-0.2, -0.15) is 5.10 Å². The minimum Gasteiger partial charge on any atom is -0.480 e. The summed E-state index contributed by atoms with van der Waals surface area (Å²) in [6, 6.07) is -1.12. The summed E-state index contributed by atoms with van der Waals surface area (Å²) < 4.78 is 1.05. The molecular formula is C13H17N3O5. The van der Waals surface area contributed by atoms with Gasteiger partial charge >= 0.3 is 5.97 Å². The Labute approximate surface area is 120 Å². The van der Waals surface area contributed by atoms with Gasteiger partial charge < -0.3 is 15.1 Å². The Morgan fingerprint density at radius 2 is 1.95 bits per heavy atom. The van der Waals surface area contributed by atoms with Crippen LogP contribution in [-0.4, -0.2) is 55.5 Å². The first-order valence-corrected chi connectivity index (χ1v) is 6.50. The standard InChI is InChI=1S/C13H17N3O5/c1-6-7(2)14-15(3)11(18)10(6)12(19)16-5-8(17)4-9(16)13(20)21/h8-9,17H,4-5H2,1-3H3,(H,20,21)/t8-,9-/m1/s1. The monoisotopic (exact) mass is 295 g/mol. The summed E-state index contributed by atoms with van der Waals surface area (Å²) in [5, 5.41) is 22.7. The maximum Gasteiger partial charge on any atom is 0.326 e. The number of rotatable bonds is 2. The number of hydrogen-bond donors (Lipinski definition) is 2. The summed E-state index contributed by atoms with van der Waals surface area (Å²) in [5.41, 5.74) is 0.277. The normalized spacial score (nSPS) is 21.6. The van der Waals surface area contributed by atoms with Crippen LogP contribution in [0, 0.1) is 13.8 Å². The van der Waals surface area contributed by atoms with E-state index < -0.39 is 29.6 Å². The molecule has 1 amide bonds. The molecule has 8 nitrogen and oxygen atoms in total. The summed E-state index contributed by atoms with van der Waals surface area (Å²) >= 11 is 0. The number of carbonyl (C=O) groups is 2. The second-order valence-corrected chi connectivity index (χ2v) is 5.22. The number of nitrogens with zero attached hydrogens (tertiary/aromatic N) is 3. The van der Waals surface area contributed by atoms with Crippen LogP contribution in [0.5, 0.6) is 0 Å². The van der Waals surface area contributed by atoms with E-state index in [1.807, 2.05) is 0 Å². The van der Waals surface area contributed by atoms with Gasteiger partial charge in [-0.05, 0) is 19.4 Å². The van der Waals surface area contributed by atoms with Crippen LogP contribution in [-0.2, 0) is 11.8 Å². The van der Waals surface area contributed by atoms with Gasteiger partial charge in [0, 0.05) is 20.0 Å². The zero-order chi connectivity index (χ0) is 15.9. The molecule has 1 aromatic rings. The van der Waals surface area contributed by atoms with Gasteiger partial charge in [0.05, 0.1) is 11.8 Å². The zero-order valence-electron chi connectivity index (χ0n) is 12.0. The largest absolute Gasteiger partial charge is 0.480 e. The van der Waals surface area contributed by atoms with Crippen LogP contribution in [0.2, 0.25) is 0 Å². The van der Waals surface area contributed by atoms with Crippen LogP contribution >= 0.6 is 0 Å². The predicted octanol–water partition coefficient (Wildman–Crippen LogP) is -0.943. The van der Waals surface area contributed by atoms with Crippen LogP contribution in [0.1, 0.15) is 28.0 Å². The van der Waals surface area contributed by atoms with Crippen molar-refractivity contribution in [3.63, 3.8) is 0 Å². The number of aliphatic hydroxyl groups is 1. The molecule has 1 aromatic heterocycles. The summed E-state index contributed by atoms with van der Waals surface area (Å²) in [6.45, 7) is 3.16. The molecule has 0 bridgehead atoms. The van der Waals surface area contributed by atoms with Gasteiger partial charge in [-0.3, -0.25) is 9.59 Å². The highest BCUT2D eigenvalue weighted by molar-refractivity contribution is 5.98. The summed E-state index contributed by atoms with van der Waals surface area (Å²) in [7, 11) is 1.43. The van der Waals surface area contributed by atoms with E-state index in [1.54, 1.807) is 13.8 Å². The smallest absolute Gasteiger partial charge is 0.326 e. The molecule has 2 atom stereocenters. The van der Waals surface area contributed by atoms with Crippen molar-refractivity contribution < 1.29 is 19.8 Å². The fraction of sp³-hybridized carbons (Fsp3) is 0.538. The van der Waals surface area contributed by atoms with Gasteiger partial charge in [-0.15, -0.1) is 0 Å². The van der Waals surface area contributed by atoms with Crippen molar-refractivity contribution in [3.05, 3.63) is 27.2 Å². The van der Waals surface area contributed by atoms with E-state index in [9.17, 15) is 19.5 Å². The van der Waals surface area contributed by atoms with Crippen LogP contribution in [0.3, 0.4) is 0 Å². The third kappa shape index (κ3) is 2.54. The lowest BCUT2D eigenvalue weighted by molar-refractivity contribution is -0.141. The minimum absolute atomic E-state index is 0.0372. The molecule has 0 radical (unpaired) electrons. The zero-order valence-corrected chi connectivity index (χ0v) is 12.0. The molecule has 8 heteroatoms. The van der Waals surface area contributed by atoms with Crippen LogP contribution in [0.25, 0.3) is 0 Å². The second-order valence-electron chi connectivity index (χ2n) is 5.22. The molecule has 1 saturated heterocycles. The first-order valence-electron chi connectivity index (χ1n) is 6.50. The summed E-state index contributed by atoms with van der Waals surface area (Å²) in [5.74, 6) is -1.87. The fourth-order valence-electron chi connectivity index (χ4n) is 2.52. The lowest BCUT2D eigenvalue weighted by Gasteiger charge is -2.22. The molecule has 2 rings (SSSR count). The SMILES string of the molecule is Cc1nn(C)c(=O)c(C(=O)N2C[C@H](O)C[C@@H]2C(=O)O)c1C. The van der Waals surface area contributed by atoms with Crippen molar-refractivity contribution in [1.82, 2.24) is 14.7 Å². The van der Waals surface area contributed by atoms with Gasteiger partial charge in [0.15, 0.2) is 0 Å². The number of likely N-dealkylation sites (tertiary alicyclic amines) is 1. The molecule has 2 heterocycles. The number of carboxylic acid groups (broad SMARTS) is 1. The average Bonchev–Trinajstić information content (AvgIpc) is 2.79. The fourth-order valence-corrected chi connectivity index (χ4v) is 2.52. The van der Waals surface area contributed by atoms with Gasteiger partial charge in [-0.25, -0.2) is 9.48 Å². The number of hydrogen-bond acceptors (Lipinski definition) is 5. The number of amides is 1. The first kappa shape index (κ1) is 15.2. The van der Waals surface area contributed by atoms with Gasteiger partial charge in [0.1, 0.15) is 11.6 Å². The number of aliphatic carboxylic acids is 1. The second kappa shape index (κ2) is 5.28. The number of carbonyl (C=O) groups excluding carboxylic acids is 1. The average molecular weight is 295 g/mol. The Kier molecular flexibility index (Phi) is 3.82. The van der Waals surface area contributed by atoms with Crippen molar-refractivity contribution in [2.45, 2.75) is 32.4 Å². The maximum atomic E-state index is 12.6. The van der Waals surface area contributed by atoms with Crippen molar-refractivity contribution in [2.75, 3.05) is 6.54 Å². The maximum absolute atomic E-state index is 12.6. The van der Waals surface area contributed by atoms with E-state index in [0.29, 0.717) is 11.3 Å². The summed E-state index contributed by atoms with van der Waals surface area (Å²) in [4.78, 5) is 36.9. The molecular weight excluding hydrogens is 278 g/mol. The summed E-state index contributed by atoms with van der Waals surface area (Å²) in [6.07, 6.45) is -0.938. The van der Waals surface area contributed by atoms with Gasteiger partial charge in [0.2, 0.25) is 0 Å². The minimum atomic E-state index is -1.19. The Hall–Kier alpha value is -2.22. The van der Waals surface area contributed by atoms with Crippen molar-refractivity contribution in [2.24, 2.45) is 7.05 Å². The van der Waals surface area contributed by atoms with Crippen LogP contribution < -0.4 is 5.56 Å². The quantitative estimate of drug-likeness (QED) is 0.728. The molecule has 2 N–H and O–H groups in total. The number of aryl methyl sites for hydroxylation is 2. The molecule has 0 unspecified atom stereocenters. The predicted molar refractivity (Wildman–Crippen MR) is 72.0 cm³/mol. The molecule has 114 valence electrons. The molecule has 0 saturated carbocycles. The van der Waals surface area contributed by atoms with E-state index in [2.05, 4.69) is 5.10 Å². The van der Waals surface area contributed by atoms with E-state index >= 15 is 0 Å². The number of aliphatic hydroxyl groups excluding tert-OH is 1.